The predicted octanol–water partition coefficient (Wildman–Crippen LogP) is -0.715. The van der Waals surface area contributed by atoms with E-state index in [1.807, 2.05) is 0 Å². The van der Waals surface area contributed by atoms with Crippen LogP contribution in [-0.4, -0.2) is 51.7 Å². The first-order valence-electron chi connectivity index (χ1n) is 2.06. The molecule has 0 radical (unpaired) electrons. The van der Waals surface area contributed by atoms with Gasteiger partial charge in [-0.25, -0.2) is 0 Å². The fourth-order valence-electron chi connectivity index (χ4n) is 0.214. The first-order valence-corrected chi connectivity index (χ1v) is 2.06. The fraction of sp³-hybridized carbons (Fsp3) is 0.500. The Labute approximate surface area is 93.0 Å². The zero-order chi connectivity index (χ0) is 6.57. The van der Waals surface area contributed by atoms with Crippen LogP contribution in [0.5, 0.6) is 0 Å². The number of carboxylic acids is 2. The molecule has 0 atom stereocenters. The molecule has 0 aromatic heterocycles. The molecular weight excluding hydrogens is 200 g/mol. The topological polar surface area (TPSA) is 74.6 Å². The van der Waals surface area contributed by atoms with Crippen LogP contribution in [0.4, 0.5) is 0 Å². The molecule has 0 spiro atoms. The molecule has 10 heavy (non-hydrogen) atoms. The van der Waals surface area contributed by atoms with Gasteiger partial charge in [0.05, 0.1) is 12.8 Å². The fourth-order valence-corrected chi connectivity index (χ4v) is 0.214. The van der Waals surface area contributed by atoms with E-state index >= 15 is 0 Å². The Bertz CT molecular complexity index is 102. The van der Waals surface area contributed by atoms with Crippen molar-refractivity contribution in [1.82, 2.24) is 0 Å². The van der Waals surface area contributed by atoms with E-state index in [0.717, 1.165) is 0 Å². The van der Waals surface area contributed by atoms with Crippen molar-refractivity contribution in [2.24, 2.45) is 0 Å². The zero-order valence-corrected chi connectivity index (χ0v) is 7.80. The van der Waals surface area contributed by atoms with Crippen molar-refractivity contribution in [2.45, 2.75) is 12.8 Å². The Balaban J connectivity index is -0.000000245. The average Bonchev–Trinajstić information content (AvgIpc) is 1.61. The molecule has 0 amide bonds. The Kier molecular flexibility index (Phi) is 16.2. The number of hydrogen-bond donors (Lipinski definition) is 2. The molecule has 0 unspecified atom stereocenters. The van der Waals surface area contributed by atoms with E-state index in [4.69, 9.17) is 10.2 Å². The number of carbonyl (C=O) groups is 2. The minimum atomic E-state index is -1.08. The standard InChI is InChI=1S/C4H6O4.Na.Zn.H/c5-3(6)1-2-4(7)8;;;/h1-2H2,(H,5,6)(H,7,8);;;. The minimum absolute atomic E-state index is 0. The van der Waals surface area contributed by atoms with Gasteiger partial charge in [0.15, 0.2) is 0 Å². The average molecular weight is 207 g/mol. The molecule has 4 nitrogen and oxygen atoms in total. The van der Waals surface area contributed by atoms with E-state index in [-0.39, 0.29) is 61.9 Å². The van der Waals surface area contributed by atoms with Gasteiger partial charge in [0.1, 0.15) is 0 Å². The summed E-state index contributed by atoms with van der Waals surface area (Å²) in [6.45, 7) is 0. The predicted molar refractivity (Wildman–Crippen MR) is 31.7 cm³/mol. The molecule has 0 heterocycles. The molecule has 0 rings (SSSR count). The smallest absolute Gasteiger partial charge is 0 e. The zero-order valence-electron chi connectivity index (χ0n) is 4.83. The maximum atomic E-state index is 9.64. The molecule has 50 valence electrons. The number of hydrogen-bond acceptors (Lipinski definition) is 2. The summed E-state index contributed by atoms with van der Waals surface area (Å²) in [5.74, 6) is -2.15. The number of rotatable bonds is 3. The van der Waals surface area contributed by atoms with Crippen LogP contribution in [0.15, 0.2) is 0 Å². The number of aliphatic carboxylic acids is 2. The normalized spacial score (nSPS) is 6.80. The Hall–Kier alpha value is 0.563. The second-order valence-corrected chi connectivity index (χ2v) is 1.29. The van der Waals surface area contributed by atoms with E-state index in [9.17, 15) is 9.59 Å². The van der Waals surface area contributed by atoms with Gasteiger partial charge in [0.25, 0.3) is 0 Å². The first kappa shape index (κ1) is 16.9. The van der Waals surface area contributed by atoms with Crippen molar-refractivity contribution in [3.05, 3.63) is 0 Å². The van der Waals surface area contributed by atoms with E-state index in [1.165, 1.54) is 0 Å². The third-order valence-corrected chi connectivity index (χ3v) is 0.553. The SMILES string of the molecule is O=C(O)CCC(=O)O.[NaH].[Zn]. The van der Waals surface area contributed by atoms with Gasteiger partial charge >= 0.3 is 41.5 Å². The molecule has 6 heteroatoms. The molecule has 0 bridgehead atoms. The van der Waals surface area contributed by atoms with Crippen molar-refractivity contribution in [3.63, 3.8) is 0 Å². The van der Waals surface area contributed by atoms with Crippen molar-refractivity contribution in [3.8, 4) is 0 Å². The third-order valence-electron chi connectivity index (χ3n) is 0.553. The van der Waals surface area contributed by atoms with Crippen molar-refractivity contribution in [2.75, 3.05) is 0 Å². The van der Waals surface area contributed by atoms with E-state index < -0.39 is 11.9 Å². The van der Waals surface area contributed by atoms with Crippen molar-refractivity contribution < 1.29 is 39.3 Å². The quantitative estimate of drug-likeness (QED) is 0.599. The van der Waals surface area contributed by atoms with Gasteiger partial charge < -0.3 is 10.2 Å². The summed E-state index contributed by atoms with van der Waals surface area (Å²) in [6, 6.07) is 0. The van der Waals surface area contributed by atoms with Gasteiger partial charge in [-0.2, -0.15) is 0 Å². The Morgan fingerprint density at radius 3 is 1.30 bits per heavy atom. The van der Waals surface area contributed by atoms with Crippen LogP contribution in [0, 0.1) is 0 Å². The van der Waals surface area contributed by atoms with E-state index in [2.05, 4.69) is 0 Å². The molecule has 0 saturated heterocycles. The third kappa shape index (κ3) is 15.8. The van der Waals surface area contributed by atoms with Crippen molar-refractivity contribution in [1.29, 1.82) is 0 Å². The molecule has 0 fully saturated rings. The summed E-state index contributed by atoms with van der Waals surface area (Å²) in [5.41, 5.74) is 0. The second kappa shape index (κ2) is 9.56. The van der Waals surface area contributed by atoms with Crippen molar-refractivity contribution >= 4 is 41.5 Å². The van der Waals surface area contributed by atoms with Crippen LogP contribution in [-0.2, 0) is 29.1 Å². The Morgan fingerprint density at radius 1 is 1.00 bits per heavy atom. The summed E-state index contributed by atoms with van der Waals surface area (Å²) in [5, 5.41) is 15.8. The van der Waals surface area contributed by atoms with Crippen LogP contribution >= 0.6 is 0 Å². The monoisotopic (exact) mass is 206 g/mol. The molecule has 0 aliphatic carbocycles. The first-order chi connectivity index (χ1) is 3.63. The molecule has 2 N–H and O–H groups in total. The van der Waals surface area contributed by atoms with Gasteiger partial charge in [0, 0.05) is 19.5 Å². The van der Waals surface area contributed by atoms with E-state index in [1.54, 1.807) is 0 Å². The van der Waals surface area contributed by atoms with Crippen LogP contribution in [0.3, 0.4) is 0 Å². The minimum Gasteiger partial charge on any atom is 0 e. The molecule has 0 aromatic rings. The van der Waals surface area contributed by atoms with Gasteiger partial charge in [-0.3, -0.25) is 9.59 Å². The van der Waals surface area contributed by atoms with Crippen LogP contribution in [0.2, 0.25) is 0 Å². The van der Waals surface area contributed by atoms with Crippen LogP contribution in [0.25, 0.3) is 0 Å². The summed E-state index contributed by atoms with van der Waals surface area (Å²) < 4.78 is 0. The molecular formula is C4H7NaO4Zn. The van der Waals surface area contributed by atoms with Gasteiger partial charge in [-0.05, 0) is 0 Å². The van der Waals surface area contributed by atoms with Crippen LogP contribution < -0.4 is 0 Å². The maximum Gasteiger partial charge on any atom is 0 e. The van der Waals surface area contributed by atoms with Crippen LogP contribution in [0.1, 0.15) is 12.8 Å². The number of carboxylic acid groups (broad SMARTS) is 2. The largest absolute Gasteiger partial charge is 0 e. The molecule has 0 aliphatic heterocycles. The van der Waals surface area contributed by atoms with Gasteiger partial charge in [-0.15, -0.1) is 0 Å². The maximum absolute atomic E-state index is 9.64. The summed E-state index contributed by atoms with van der Waals surface area (Å²) in [4.78, 5) is 19.3. The van der Waals surface area contributed by atoms with Gasteiger partial charge in [-0.1, -0.05) is 0 Å². The van der Waals surface area contributed by atoms with Gasteiger partial charge in [0.2, 0.25) is 0 Å². The molecule has 0 saturated carbocycles. The Morgan fingerprint density at radius 2 is 1.20 bits per heavy atom. The summed E-state index contributed by atoms with van der Waals surface area (Å²) in [7, 11) is 0. The second-order valence-electron chi connectivity index (χ2n) is 1.29. The molecule has 0 aromatic carbocycles. The summed E-state index contributed by atoms with van der Waals surface area (Å²) in [6.07, 6.45) is -0.593. The molecule has 0 aliphatic rings. The van der Waals surface area contributed by atoms with E-state index in [0.29, 0.717) is 0 Å². The summed E-state index contributed by atoms with van der Waals surface area (Å²) >= 11 is 0.